The quantitative estimate of drug-likeness (QED) is 0.700. The number of carbonyl (C=O) groups is 1. The van der Waals surface area contributed by atoms with E-state index in [1.165, 1.54) is 21.8 Å². The molecule has 1 aliphatic rings. The number of rotatable bonds is 4. The van der Waals surface area contributed by atoms with Crippen LogP contribution in [0, 0.1) is 11.6 Å². The van der Waals surface area contributed by atoms with Gasteiger partial charge in [-0.15, -0.1) is 0 Å². The summed E-state index contributed by atoms with van der Waals surface area (Å²) in [7, 11) is 1.67. The molecule has 1 aromatic carbocycles. The number of fused-ring (bicyclic) bond motifs is 1. The average Bonchev–Trinajstić information content (AvgIpc) is 3.32. The van der Waals surface area contributed by atoms with E-state index in [2.05, 4.69) is 10.1 Å². The van der Waals surface area contributed by atoms with Gasteiger partial charge in [-0.25, -0.2) is 13.8 Å². The van der Waals surface area contributed by atoms with E-state index in [0.717, 1.165) is 30.2 Å². The molecule has 1 aliphatic heterocycles. The Labute approximate surface area is 152 Å². The van der Waals surface area contributed by atoms with Crippen molar-refractivity contribution in [1.82, 2.24) is 14.8 Å². The molecular formula is C17H16F2N4O2S. The van der Waals surface area contributed by atoms with E-state index in [1.54, 1.807) is 13.1 Å². The number of halogens is 2. The topological polar surface area (TPSA) is 60.2 Å². The van der Waals surface area contributed by atoms with Gasteiger partial charge in [0.2, 0.25) is 0 Å². The highest BCUT2D eigenvalue weighted by Crippen LogP contribution is 2.32. The smallest absolute Gasteiger partial charge is 0.278 e. The maximum Gasteiger partial charge on any atom is 0.278 e. The van der Waals surface area contributed by atoms with Gasteiger partial charge in [-0.1, -0.05) is 11.3 Å². The second-order valence-electron chi connectivity index (χ2n) is 6.12. The largest absolute Gasteiger partial charge is 0.376 e. The number of amides is 1. The molecule has 0 N–H and O–H groups in total. The maximum atomic E-state index is 14.0. The summed E-state index contributed by atoms with van der Waals surface area (Å²) in [5.41, 5.74) is 0.440. The zero-order valence-electron chi connectivity index (χ0n) is 14.0. The number of thiazole rings is 1. The Morgan fingerprint density at radius 1 is 1.46 bits per heavy atom. The van der Waals surface area contributed by atoms with Crippen LogP contribution >= 0.6 is 11.3 Å². The lowest BCUT2D eigenvalue weighted by atomic mass is 10.2. The molecule has 2 aromatic heterocycles. The lowest BCUT2D eigenvalue weighted by molar-refractivity contribution is 0.0909. The first-order valence-corrected chi connectivity index (χ1v) is 9.01. The van der Waals surface area contributed by atoms with Crippen LogP contribution < -0.4 is 4.90 Å². The summed E-state index contributed by atoms with van der Waals surface area (Å²) < 4.78 is 35.0. The van der Waals surface area contributed by atoms with Crippen LogP contribution in [0.25, 0.3) is 10.2 Å². The van der Waals surface area contributed by atoms with E-state index < -0.39 is 11.6 Å². The van der Waals surface area contributed by atoms with Gasteiger partial charge in [-0.3, -0.25) is 14.4 Å². The zero-order chi connectivity index (χ0) is 18.3. The van der Waals surface area contributed by atoms with Crippen molar-refractivity contribution in [3.8, 4) is 0 Å². The molecule has 3 aromatic rings. The predicted octanol–water partition coefficient (Wildman–Crippen LogP) is 3.13. The van der Waals surface area contributed by atoms with Crippen molar-refractivity contribution >= 4 is 32.6 Å². The Morgan fingerprint density at radius 2 is 2.31 bits per heavy atom. The third kappa shape index (κ3) is 3.08. The number of aryl methyl sites for hydroxylation is 1. The van der Waals surface area contributed by atoms with Crippen LogP contribution in [0.15, 0.2) is 24.4 Å². The highest BCUT2D eigenvalue weighted by atomic mass is 32.1. The maximum absolute atomic E-state index is 14.0. The number of aromatic nitrogens is 3. The van der Waals surface area contributed by atoms with Crippen LogP contribution in [0.2, 0.25) is 0 Å². The van der Waals surface area contributed by atoms with Gasteiger partial charge >= 0.3 is 0 Å². The summed E-state index contributed by atoms with van der Waals surface area (Å²) in [4.78, 5) is 18.8. The second kappa shape index (κ2) is 6.73. The first-order chi connectivity index (χ1) is 12.5. The van der Waals surface area contributed by atoms with Crippen molar-refractivity contribution in [2.75, 3.05) is 18.1 Å². The van der Waals surface area contributed by atoms with E-state index >= 15 is 0 Å². The number of anilines is 1. The second-order valence-corrected chi connectivity index (χ2v) is 7.13. The van der Waals surface area contributed by atoms with Gasteiger partial charge in [-0.05, 0) is 25.0 Å². The molecule has 0 saturated carbocycles. The van der Waals surface area contributed by atoms with Gasteiger partial charge in [0.1, 0.15) is 17.0 Å². The number of hydrogen-bond acceptors (Lipinski definition) is 5. The third-order valence-corrected chi connectivity index (χ3v) is 5.35. The number of carbonyl (C=O) groups excluding carboxylic acids is 1. The molecule has 1 atom stereocenters. The van der Waals surface area contributed by atoms with Gasteiger partial charge in [0.15, 0.2) is 10.9 Å². The van der Waals surface area contributed by atoms with E-state index in [4.69, 9.17) is 4.74 Å². The van der Waals surface area contributed by atoms with E-state index in [9.17, 15) is 13.6 Å². The summed E-state index contributed by atoms with van der Waals surface area (Å²) in [6, 6.07) is 3.62. The van der Waals surface area contributed by atoms with Crippen molar-refractivity contribution in [2.24, 2.45) is 7.05 Å². The minimum Gasteiger partial charge on any atom is -0.376 e. The molecule has 1 unspecified atom stereocenters. The Morgan fingerprint density at radius 3 is 3.00 bits per heavy atom. The highest BCUT2D eigenvalue weighted by molar-refractivity contribution is 7.22. The van der Waals surface area contributed by atoms with Gasteiger partial charge in [-0.2, -0.15) is 5.10 Å². The highest BCUT2D eigenvalue weighted by Gasteiger charge is 2.28. The molecule has 1 saturated heterocycles. The molecule has 3 heterocycles. The molecule has 1 amide bonds. The van der Waals surface area contributed by atoms with E-state index in [1.807, 2.05) is 0 Å². The lowest BCUT2D eigenvalue weighted by Crippen LogP contribution is -2.38. The van der Waals surface area contributed by atoms with Crippen LogP contribution in [0.4, 0.5) is 13.9 Å². The van der Waals surface area contributed by atoms with Crippen LogP contribution in [-0.4, -0.2) is 39.9 Å². The van der Waals surface area contributed by atoms with Crippen molar-refractivity contribution in [1.29, 1.82) is 0 Å². The fourth-order valence-corrected chi connectivity index (χ4v) is 4.04. The molecule has 0 bridgehead atoms. The monoisotopic (exact) mass is 378 g/mol. The third-order valence-electron chi connectivity index (χ3n) is 4.33. The fourth-order valence-electron chi connectivity index (χ4n) is 3.02. The first-order valence-electron chi connectivity index (χ1n) is 8.20. The van der Waals surface area contributed by atoms with Crippen molar-refractivity contribution < 1.29 is 18.3 Å². The minimum absolute atomic E-state index is 0.0570. The fraction of sp³-hybridized carbons (Fsp3) is 0.353. The molecule has 26 heavy (non-hydrogen) atoms. The summed E-state index contributed by atoms with van der Waals surface area (Å²) in [5, 5.41) is 4.34. The number of benzene rings is 1. The molecular weight excluding hydrogens is 362 g/mol. The summed E-state index contributed by atoms with van der Waals surface area (Å²) in [6.07, 6.45) is 3.19. The Balaban J connectivity index is 1.75. The van der Waals surface area contributed by atoms with Gasteiger partial charge in [0.25, 0.3) is 5.91 Å². The average molecular weight is 378 g/mol. The molecule has 136 valence electrons. The summed E-state index contributed by atoms with van der Waals surface area (Å²) in [5.74, 6) is -1.72. The number of nitrogens with zero attached hydrogens (tertiary/aromatic N) is 4. The summed E-state index contributed by atoms with van der Waals surface area (Å²) >= 11 is 1.08. The van der Waals surface area contributed by atoms with Gasteiger partial charge < -0.3 is 4.74 Å². The van der Waals surface area contributed by atoms with Gasteiger partial charge in [0, 0.05) is 25.9 Å². The standard InChI is InChI=1S/C17H16F2N4O2S/c1-22-13(4-5-20-22)16(24)23(9-11-3-2-6-25-11)17-21-15-12(19)7-10(18)8-14(15)26-17/h4-5,7-8,11H,2-3,6,9H2,1H3. The zero-order valence-corrected chi connectivity index (χ0v) is 14.8. The van der Waals surface area contributed by atoms with Gasteiger partial charge in [0.05, 0.1) is 17.3 Å². The SMILES string of the molecule is Cn1nccc1C(=O)N(CC1CCCO1)c1nc2c(F)cc(F)cc2s1. The number of ether oxygens (including phenoxy) is 1. The number of hydrogen-bond donors (Lipinski definition) is 0. The van der Waals surface area contributed by atoms with Crippen molar-refractivity contribution in [2.45, 2.75) is 18.9 Å². The van der Waals surface area contributed by atoms with E-state index in [0.29, 0.717) is 28.7 Å². The minimum atomic E-state index is -0.743. The molecule has 0 radical (unpaired) electrons. The van der Waals surface area contributed by atoms with Crippen LogP contribution in [0.1, 0.15) is 23.3 Å². The molecule has 1 fully saturated rings. The normalized spacial score (nSPS) is 17.1. The summed E-state index contributed by atoms with van der Waals surface area (Å²) in [6.45, 7) is 0.950. The van der Waals surface area contributed by atoms with Crippen LogP contribution in [0.3, 0.4) is 0 Å². The molecule has 0 spiro atoms. The lowest BCUT2D eigenvalue weighted by Gasteiger charge is -2.22. The van der Waals surface area contributed by atoms with Crippen molar-refractivity contribution in [3.63, 3.8) is 0 Å². The molecule has 9 heteroatoms. The Hall–Kier alpha value is -2.39. The van der Waals surface area contributed by atoms with Crippen molar-refractivity contribution in [3.05, 3.63) is 41.7 Å². The van der Waals surface area contributed by atoms with Crippen LogP contribution in [0.5, 0.6) is 0 Å². The molecule has 4 rings (SSSR count). The Bertz CT molecular complexity index is 965. The first kappa shape index (κ1) is 17.0. The van der Waals surface area contributed by atoms with Crippen LogP contribution in [-0.2, 0) is 11.8 Å². The molecule has 6 nitrogen and oxygen atoms in total. The van der Waals surface area contributed by atoms with E-state index in [-0.39, 0.29) is 17.5 Å². The predicted molar refractivity (Wildman–Crippen MR) is 93.4 cm³/mol. The Kier molecular flexibility index (Phi) is 4.41. The molecule has 0 aliphatic carbocycles.